The molecule has 1 aliphatic rings. The summed E-state index contributed by atoms with van der Waals surface area (Å²) >= 11 is 3.42. The van der Waals surface area contributed by atoms with Gasteiger partial charge in [0.15, 0.2) is 0 Å². The minimum absolute atomic E-state index is 0.0380. The highest BCUT2D eigenvalue weighted by Crippen LogP contribution is 2.15. The third kappa shape index (κ3) is 2.88. The minimum atomic E-state index is 0.0380. The van der Waals surface area contributed by atoms with E-state index in [1.54, 1.807) is 0 Å². The Morgan fingerprint density at radius 3 is 3.06 bits per heavy atom. The van der Waals surface area contributed by atoms with Gasteiger partial charge < -0.3 is 15.5 Å². The van der Waals surface area contributed by atoms with E-state index >= 15 is 0 Å². The monoisotopic (exact) mass is 283 g/mol. The van der Waals surface area contributed by atoms with Gasteiger partial charge in [0.2, 0.25) is 0 Å². The molecule has 1 heterocycles. The maximum atomic E-state index is 11.3. The number of amides is 2. The molecule has 2 N–H and O–H groups in total. The van der Waals surface area contributed by atoms with E-state index in [4.69, 9.17) is 0 Å². The second kappa shape index (κ2) is 5.21. The molecule has 86 valence electrons. The van der Waals surface area contributed by atoms with Crippen molar-refractivity contribution in [2.45, 2.75) is 0 Å². The van der Waals surface area contributed by atoms with Crippen LogP contribution in [0.2, 0.25) is 0 Å². The number of hydrogen-bond donors (Lipinski definition) is 2. The number of carbonyl (C=O) groups is 1. The van der Waals surface area contributed by atoms with Gasteiger partial charge in [0.05, 0.1) is 0 Å². The van der Waals surface area contributed by atoms with E-state index in [0.717, 1.165) is 36.3 Å². The van der Waals surface area contributed by atoms with Gasteiger partial charge in [-0.1, -0.05) is 22.0 Å². The van der Waals surface area contributed by atoms with Gasteiger partial charge in [-0.3, -0.25) is 0 Å². The molecule has 1 aromatic carbocycles. The summed E-state index contributed by atoms with van der Waals surface area (Å²) in [5.41, 5.74) is 1.06. The van der Waals surface area contributed by atoms with Gasteiger partial charge in [0, 0.05) is 36.3 Å². The van der Waals surface area contributed by atoms with Crippen molar-refractivity contribution >= 4 is 27.6 Å². The Balaban J connectivity index is 1.77. The number of anilines is 1. The predicted octanol–water partition coefficient (Wildman–Crippen LogP) is 1.89. The van der Waals surface area contributed by atoms with Crippen LogP contribution in [0.15, 0.2) is 28.7 Å². The molecule has 0 bridgehead atoms. The number of nitrogens with one attached hydrogen (secondary N) is 2. The molecule has 5 heteroatoms. The summed E-state index contributed by atoms with van der Waals surface area (Å²) in [5, 5.41) is 6.06. The maximum absolute atomic E-state index is 11.3. The SMILES string of the molecule is O=C1NCCN1CCNc1cccc(Br)c1. The van der Waals surface area contributed by atoms with Gasteiger partial charge in [-0.25, -0.2) is 4.79 Å². The first-order valence-corrected chi connectivity index (χ1v) is 6.07. The fourth-order valence-electron chi connectivity index (χ4n) is 1.66. The normalized spacial score (nSPS) is 15.1. The van der Waals surface area contributed by atoms with Gasteiger partial charge >= 0.3 is 6.03 Å². The summed E-state index contributed by atoms with van der Waals surface area (Å²) in [5.74, 6) is 0. The Labute approximate surface area is 103 Å². The number of hydrogen-bond acceptors (Lipinski definition) is 2. The highest BCUT2D eigenvalue weighted by molar-refractivity contribution is 9.10. The van der Waals surface area contributed by atoms with Gasteiger partial charge in [-0.2, -0.15) is 0 Å². The van der Waals surface area contributed by atoms with Crippen molar-refractivity contribution in [1.29, 1.82) is 0 Å². The minimum Gasteiger partial charge on any atom is -0.383 e. The van der Waals surface area contributed by atoms with E-state index in [1.807, 2.05) is 29.2 Å². The highest BCUT2D eigenvalue weighted by Gasteiger charge is 2.17. The third-order valence-corrected chi connectivity index (χ3v) is 2.97. The van der Waals surface area contributed by atoms with Gasteiger partial charge in [0.1, 0.15) is 0 Å². The van der Waals surface area contributed by atoms with Crippen molar-refractivity contribution in [1.82, 2.24) is 10.2 Å². The molecule has 1 saturated heterocycles. The number of carbonyl (C=O) groups excluding carboxylic acids is 1. The molecule has 16 heavy (non-hydrogen) atoms. The molecule has 2 rings (SSSR count). The van der Waals surface area contributed by atoms with Crippen LogP contribution in [-0.4, -0.2) is 37.1 Å². The van der Waals surface area contributed by atoms with Crippen LogP contribution in [0.1, 0.15) is 0 Å². The van der Waals surface area contributed by atoms with Crippen LogP contribution >= 0.6 is 15.9 Å². The second-order valence-electron chi connectivity index (χ2n) is 3.66. The molecule has 0 radical (unpaired) electrons. The van der Waals surface area contributed by atoms with Crippen LogP contribution < -0.4 is 10.6 Å². The van der Waals surface area contributed by atoms with E-state index < -0.39 is 0 Å². The Kier molecular flexibility index (Phi) is 3.66. The zero-order chi connectivity index (χ0) is 11.4. The van der Waals surface area contributed by atoms with E-state index in [9.17, 15) is 4.79 Å². The van der Waals surface area contributed by atoms with Crippen LogP contribution in [0.3, 0.4) is 0 Å². The first-order chi connectivity index (χ1) is 7.75. The summed E-state index contributed by atoms with van der Waals surface area (Å²) in [6, 6.07) is 8.03. The molecular formula is C11H14BrN3O. The van der Waals surface area contributed by atoms with Crippen LogP contribution in [-0.2, 0) is 0 Å². The fourth-order valence-corrected chi connectivity index (χ4v) is 2.06. The fraction of sp³-hybridized carbons (Fsp3) is 0.364. The first kappa shape index (κ1) is 11.3. The molecule has 1 aromatic rings. The van der Waals surface area contributed by atoms with Crippen LogP contribution in [0, 0.1) is 0 Å². The van der Waals surface area contributed by atoms with Crippen LogP contribution in [0.25, 0.3) is 0 Å². The molecule has 1 fully saturated rings. The van der Waals surface area contributed by atoms with Crippen LogP contribution in [0.4, 0.5) is 10.5 Å². The quantitative estimate of drug-likeness (QED) is 0.886. The van der Waals surface area contributed by atoms with Gasteiger partial charge in [-0.05, 0) is 18.2 Å². The third-order valence-electron chi connectivity index (χ3n) is 2.48. The van der Waals surface area contributed by atoms with Crippen molar-refractivity contribution in [3.05, 3.63) is 28.7 Å². The van der Waals surface area contributed by atoms with Crippen molar-refractivity contribution in [3.8, 4) is 0 Å². The molecule has 0 atom stereocenters. The summed E-state index contributed by atoms with van der Waals surface area (Å²) in [4.78, 5) is 13.1. The molecule has 0 aliphatic carbocycles. The summed E-state index contributed by atoms with van der Waals surface area (Å²) in [6.45, 7) is 3.07. The van der Waals surface area contributed by atoms with E-state index in [2.05, 4.69) is 26.6 Å². The topological polar surface area (TPSA) is 44.4 Å². The van der Waals surface area contributed by atoms with Crippen molar-refractivity contribution < 1.29 is 4.79 Å². The lowest BCUT2D eigenvalue weighted by atomic mass is 10.3. The summed E-state index contributed by atoms with van der Waals surface area (Å²) in [7, 11) is 0. The molecule has 4 nitrogen and oxygen atoms in total. The average Bonchev–Trinajstić information content (AvgIpc) is 2.65. The molecule has 2 amide bonds. The van der Waals surface area contributed by atoms with Crippen LogP contribution in [0.5, 0.6) is 0 Å². The molecule has 0 spiro atoms. The molecule has 1 aliphatic heterocycles. The standard InChI is InChI=1S/C11H14BrN3O/c12-9-2-1-3-10(8-9)13-4-6-15-7-5-14-11(15)16/h1-3,8,13H,4-7H2,(H,14,16). The average molecular weight is 284 g/mol. The Morgan fingerprint density at radius 2 is 2.38 bits per heavy atom. The highest BCUT2D eigenvalue weighted by atomic mass is 79.9. The van der Waals surface area contributed by atoms with Crippen molar-refractivity contribution in [2.75, 3.05) is 31.5 Å². The zero-order valence-corrected chi connectivity index (χ0v) is 10.5. The van der Waals surface area contributed by atoms with E-state index in [-0.39, 0.29) is 6.03 Å². The maximum Gasteiger partial charge on any atom is 0.317 e. The number of halogens is 1. The molecule has 0 aromatic heterocycles. The number of rotatable bonds is 4. The Bertz CT molecular complexity index is 383. The van der Waals surface area contributed by atoms with E-state index in [1.165, 1.54) is 0 Å². The van der Waals surface area contributed by atoms with Gasteiger partial charge in [0.25, 0.3) is 0 Å². The zero-order valence-electron chi connectivity index (χ0n) is 8.87. The van der Waals surface area contributed by atoms with E-state index in [0.29, 0.717) is 0 Å². The second-order valence-corrected chi connectivity index (χ2v) is 4.57. The smallest absolute Gasteiger partial charge is 0.317 e. The number of urea groups is 1. The Hall–Kier alpha value is -1.23. The summed E-state index contributed by atoms with van der Waals surface area (Å²) in [6.07, 6.45) is 0. The molecule has 0 unspecified atom stereocenters. The molecule has 0 saturated carbocycles. The number of nitrogens with zero attached hydrogens (tertiary/aromatic N) is 1. The molecular weight excluding hydrogens is 270 g/mol. The predicted molar refractivity (Wildman–Crippen MR) is 67.6 cm³/mol. The first-order valence-electron chi connectivity index (χ1n) is 5.28. The summed E-state index contributed by atoms with van der Waals surface area (Å²) < 4.78 is 1.05. The van der Waals surface area contributed by atoms with Crippen molar-refractivity contribution in [2.24, 2.45) is 0 Å². The number of benzene rings is 1. The van der Waals surface area contributed by atoms with Crippen molar-refractivity contribution in [3.63, 3.8) is 0 Å². The largest absolute Gasteiger partial charge is 0.383 e. The lowest BCUT2D eigenvalue weighted by Gasteiger charge is -2.14. The Morgan fingerprint density at radius 1 is 1.50 bits per heavy atom. The lowest BCUT2D eigenvalue weighted by molar-refractivity contribution is 0.219. The van der Waals surface area contributed by atoms with Gasteiger partial charge in [-0.15, -0.1) is 0 Å². The lowest BCUT2D eigenvalue weighted by Crippen LogP contribution is -2.32.